The number of benzene rings is 2. The maximum atomic E-state index is 12.0. The number of carbonyl (C=O) groups is 1. The van der Waals surface area contributed by atoms with Crippen LogP contribution in [0.25, 0.3) is 0 Å². The molecule has 0 aliphatic rings. The Morgan fingerprint density at radius 3 is 2.25 bits per heavy atom. The van der Waals surface area contributed by atoms with Crippen LogP contribution in [0, 0.1) is 0 Å². The van der Waals surface area contributed by atoms with Crippen LogP contribution in [0.1, 0.15) is 15.9 Å². The molecule has 2 rings (SSSR count). The van der Waals surface area contributed by atoms with E-state index in [1.165, 1.54) is 0 Å². The van der Waals surface area contributed by atoms with Crippen LogP contribution < -0.4 is 5.32 Å². The third kappa shape index (κ3) is 4.14. The Morgan fingerprint density at radius 1 is 0.950 bits per heavy atom. The van der Waals surface area contributed by atoms with Crippen LogP contribution in [-0.2, 0) is 6.42 Å². The van der Waals surface area contributed by atoms with Crippen LogP contribution in [-0.4, -0.2) is 12.5 Å². The van der Waals surface area contributed by atoms with Gasteiger partial charge in [0.2, 0.25) is 0 Å². The molecule has 0 bridgehead atoms. The molecule has 0 saturated carbocycles. The van der Waals surface area contributed by atoms with Gasteiger partial charge in [-0.1, -0.05) is 46.9 Å². The van der Waals surface area contributed by atoms with Crippen LogP contribution in [0.4, 0.5) is 0 Å². The summed E-state index contributed by atoms with van der Waals surface area (Å²) in [5.74, 6) is -0.208. The van der Waals surface area contributed by atoms with E-state index in [9.17, 15) is 4.79 Å². The van der Waals surface area contributed by atoms with E-state index in [2.05, 4.69) is 5.32 Å². The molecule has 0 heterocycles. The van der Waals surface area contributed by atoms with Crippen molar-refractivity contribution in [1.29, 1.82) is 0 Å². The molecule has 0 saturated heterocycles. The van der Waals surface area contributed by atoms with Crippen molar-refractivity contribution in [2.75, 3.05) is 6.54 Å². The highest BCUT2D eigenvalue weighted by Gasteiger charge is 2.09. The van der Waals surface area contributed by atoms with Crippen molar-refractivity contribution in [1.82, 2.24) is 5.32 Å². The number of carbonyl (C=O) groups excluding carboxylic acids is 1. The van der Waals surface area contributed by atoms with Crippen molar-refractivity contribution >= 4 is 40.7 Å². The van der Waals surface area contributed by atoms with E-state index in [1.54, 1.807) is 18.2 Å². The first-order valence-corrected chi connectivity index (χ1v) is 7.17. The standard InChI is InChI=1S/C15H12Cl3NO/c16-11-3-1-10(2-4-11)7-8-19-15(20)13-6-5-12(17)9-14(13)18/h1-6,9H,7-8H2,(H,19,20). The van der Waals surface area contributed by atoms with Crippen molar-refractivity contribution in [3.8, 4) is 0 Å². The van der Waals surface area contributed by atoms with E-state index in [4.69, 9.17) is 34.8 Å². The maximum absolute atomic E-state index is 12.0. The zero-order valence-electron chi connectivity index (χ0n) is 10.5. The minimum atomic E-state index is -0.208. The second-order valence-electron chi connectivity index (χ2n) is 4.26. The SMILES string of the molecule is O=C(NCCc1ccc(Cl)cc1)c1ccc(Cl)cc1Cl. The lowest BCUT2D eigenvalue weighted by Crippen LogP contribution is -2.25. The first kappa shape index (κ1) is 15.2. The van der Waals surface area contributed by atoms with Gasteiger partial charge in [0, 0.05) is 16.6 Å². The Morgan fingerprint density at radius 2 is 1.60 bits per heavy atom. The number of hydrogen-bond acceptors (Lipinski definition) is 1. The van der Waals surface area contributed by atoms with E-state index >= 15 is 0 Å². The first-order chi connectivity index (χ1) is 9.56. The van der Waals surface area contributed by atoms with Crippen LogP contribution in [0.5, 0.6) is 0 Å². The van der Waals surface area contributed by atoms with E-state index in [0.29, 0.717) is 27.2 Å². The molecule has 1 N–H and O–H groups in total. The third-order valence-corrected chi connectivity index (χ3v) is 3.59. The first-order valence-electron chi connectivity index (χ1n) is 6.04. The fourth-order valence-electron chi connectivity index (χ4n) is 1.74. The van der Waals surface area contributed by atoms with Crippen molar-refractivity contribution < 1.29 is 4.79 Å². The molecule has 0 aromatic heterocycles. The average molecular weight is 329 g/mol. The molecule has 0 aliphatic heterocycles. The molecule has 0 unspecified atom stereocenters. The quantitative estimate of drug-likeness (QED) is 0.872. The maximum Gasteiger partial charge on any atom is 0.252 e. The van der Waals surface area contributed by atoms with E-state index in [0.717, 1.165) is 12.0 Å². The Bertz CT molecular complexity index is 611. The smallest absolute Gasteiger partial charge is 0.252 e. The molecule has 0 radical (unpaired) electrons. The molecule has 2 aromatic rings. The van der Waals surface area contributed by atoms with E-state index in [-0.39, 0.29) is 5.91 Å². The minimum absolute atomic E-state index is 0.208. The fraction of sp³-hybridized carbons (Fsp3) is 0.133. The highest BCUT2D eigenvalue weighted by molar-refractivity contribution is 6.36. The summed E-state index contributed by atoms with van der Waals surface area (Å²) in [5, 5.41) is 4.38. The number of amides is 1. The Kier molecular flexibility index (Phi) is 5.30. The summed E-state index contributed by atoms with van der Waals surface area (Å²) in [6.07, 6.45) is 0.730. The molecule has 5 heteroatoms. The van der Waals surface area contributed by atoms with Crippen LogP contribution in [0.2, 0.25) is 15.1 Å². The van der Waals surface area contributed by atoms with E-state index in [1.807, 2.05) is 24.3 Å². The summed E-state index contributed by atoms with van der Waals surface area (Å²) in [6, 6.07) is 12.3. The van der Waals surface area contributed by atoms with Gasteiger partial charge in [0.25, 0.3) is 5.91 Å². The van der Waals surface area contributed by atoms with Gasteiger partial charge in [-0.2, -0.15) is 0 Å². The van der Waals surface area contributed by atoms with Gasteiger partial charge in [-0.15, -0.1) is 0 Å². The van der Waals surface area contributed by atoms with Gasteiger partial charge in [0.15, 0.2) is 0 Å². The zero-order chi connectivity index (χ0) is 14.5. The number of hydrogen-bond donors (Lipinski definition) is 1. The van der Waals surface area contributed by atoms with Gasteiger partial charge < -0.3 is 5.32 Å². The largest absolute Gasteiger partial charge is 0.352 e. The van der Waals surface area contributed by atoms with Gasteiger partial charge in [0.05, 0.1) is 10.6 Å². The van der Waals surface area contributed by atoms with Gasteiger partial charge in [-0.05, 0) is 42.3 Å². The molecule has 0 spiro atoms. The van der Waals surface area contributed by atoms with Gasteiger partial charge >= 0.3 is 0 Å². The second kappa shape index (κ2) is 6.98. The average Bonchev–Trinajstić information content (AvgIpc) is 2.41. The lowest BCUT2D eigenvalue weighted by atomic mass is 10.1. The second-order valence-corrected chi connectivity index (χ2v) is 5.54. The lowest BCUT2D eigenvalue weighted by Gasteiger charge is -2.07. The van der Waals surface area contributed by atoms with Crippen molar-refractivity contribution in [3.63, 3.8) is 0 Å². The van der Waals surface area contributed by atoms with Gasteiger partial charge in [-0.25, -0.2) is 0 Å². The summed E-state index contributed by atoms with van der Waals surface area (Å²) < 4.78 is 0. The molecule has 0 atom stereocenters. The van der Waals surface area contributed by atoms with E-state index < -0.39 is 0 Å². The molecule has 1 amide bonds. The van der Waals surface area contributed by atoms with Crippen molar-refractivity contribution in [2.24, 2.45) is 0 Å². The number of halogens is 3. The molecular formula is C15H12Cl3NO. The fourth-order valence-corrected chi connectivity index (χ4v) is 2.36. The zero-order valence-corrected chi connectivity index (χ0v) is 12.8. The number of nitrogens with one attached hydrogen (secondary N) is 1. The predicted octanol–water partition coefficient (Wildman–Crippen LogP) is 4.62. The minimum Gasteiger partial charge on any atom is -0.352 e. The molecule has 2 nitrogen and oxygen atoms in total. The Hall–Kier alpha value is -1.22. The monoisotopic (exact) mass is 327 g/mol. The van der Waals surface area contributed by atoms with Crippen molar-refractivity contribution in [2.45, 2.75) is 6.42 Å². The van der Waals surface area contributed by atoms with Crippen LogP contribution in [0.15, 0.2) is 42.5 Å². The lowest BCUT2D eigenvalue weighted by molar-refractivity contribution is 0.0954. The summed E-state index contributed by atoms with van der Waals surface area (Å²) in [5.41, 5.74) is 1.53. The van der Waals surface area contributed by atoms with Gasteiger partial charge in [0.1, 0.15) is 0 Å². The molecule has 0 fully saturated rings. The Balaban J connectivity index is 1.90. The van der Waals surface area contributed by atoms with Crippen molar-refractivity contribution in [3.05, 3.63) is 68.7 Å². The summed E-state index contributed by atoms with van der Waals surface area (Å²) in [6.45, 7) is 0.527. The number of rotatable bonds is 4. The third-order valence-electron chi connectivity index (χ3n) is 2.79. The molecule has 0 aliphatic carbocycles. The summed E-state index contributed by atoms with van der Waals surface area (Å²) in [7, 11) is 0. The summed E-state index contributed by atoms with van der Waals surface area (Å²) in [4.78, 5) is 12.0. The molecule has 20 heavy (non-hydrogen) atoms. The van der Waals surface area contributed by atoms with Crippen LogP contribution in [0.3, 0.4) is 0 Å². The van der Waals surface area contributed by atoms with Crippen LogP contribution >= 0.6 is 34.8 Å². The molecular weight excluding hydrogens is 317 g/mol. The molecule has 104 valence electrons. The highest BCUT2D eigenvalue weighted by Crippen LogP contribution is 2.20. The summed E-state index contributed by atoms with van der Waals surface area (Å²) >= 11 is 17.6. The Labute approximate surface area is 132 Å². The molecule has 2 aromatic carbocycles. The van der Waals surface area contributed by atoms with Gasteiger partial charge in [-0.3, -0.25) is 4.79 Å². The normalized spacial score (nSPS) is 10.3. The highest BCUT2D eigenvalue weighted by atomic mass is 35.5. The predicted molar refractivity (Wildman–Crippen MR) is 84.0 cm³/mol. The topological polar surface area (TPSA) is 29.1 Å².